The maximum atomic E-state index is 5.55. The molecule has 1 N–H and O–H groups in total. The molecule has 0 saturated carbocycles. The van der Waals surface area contributed by atoms with Crippen LogP contribution in [0.5, 0.6) is 0 Å². The number of likely N-dealkylation sites (N-methyl/N-ethyl adjacent to an activating group) is 1. The molecule has 0 radical (unpaired) electrons. The molecule has 1 rings (SSSR count). The number of ether oxygens (including phenoxy) is 2. The predicted molar refractivity (Wildman–Crippen MR) is 70.4 cm³/mol. The van der Waals surface area contributed by atoms with Crippen molar-refractivity contribution in [1.29, 1.82) is 0 Å². The van der Waals surface area contributed by atoms with Crippen LogP contribution >= 0.6 is 0 Å². The maximum absolute atomic E-state index is 5.55. The third kappa shape index (κ3) is 5.31. The van der Waals surface area contributed by atoms with Crippen LogP contribution in [-0.4, -0.2) is 40.0 Å². The molecule has 96 valence electrons. The first-order valence-electron chi connectivity index (χ1n) is 6.06. The first kappa shape index (κ1) is 14.2. The first-order valence-corrected chi connectivity index (χ1v) is 6.06. The fourth-order valence-corrected chi connectivity index (χ4v) is 1.72. The molecule has 1 aromatic rings. The lowest BCUT2D eigenvalue weighted by molar-refractivity contribution is 0.0597. The summed E-state index contributed by atoms with van der Waals surface area (Å²) in [6.45, 7) is 4.17. The second-order valence-electron chi connectivity index (χ2n) is 4.18. The van der Waals surface area contributed by atoms with E-state index in [9.17, 15) is 0 Å². The van der Waals surface area contributed by atoms with Crippen LogP contribution in [0.15, 0.2) is 24.3 Å². The highest BCUT2D eigenvalue weighted by atomic mass is 16.5. The van der Waals surface area contributed by atoms with Crippen molar-refractivity contribution in [3.8, 4) is 0 Å². The molecule has 3 nitrogen and oxygen atoms in total. The summed E-state index contributed by atoms with van der Waals surface area (Å²) in [5.74, 6) is 0. The van der Waals surface area contributed by atoms with Crippen LogP contribution in [0.4, 0.5) is 0 Å². The summed E-state index contributed by atoms with van der Waals surface area (Å²) >= 11 is 0. The van der Waals surface area contributed by atoms with E-state index in [1.165, 1.54) is 11.1 Å². The van der Waals surface area contributed by atoms with Crippen LogP contribution in [-0.2, 0) is 15.9 Å². The Morgan fingerprint density at radius 2 is 2.00 bits per heavy atom. The van der Waals surface area contributed by atoms with Crippen LogP contribution in [0, 0.1) is 6.92 Å². The molecule has 0 aromatic heterocycles. The molecule has 0 heterocycles. The van der Waals surface area contributed by atoms with Gasteiger partial charge in [0, 0.05) is 13.2 Å². The summed E-state index contributed by atoms with van der Waals surface area (Å²) in [7, 11) is 3.66. The molecular formula is C14H23NO2. The summed E-state index contributed by atoms with van der Waals surface area (Å²) in [5, 5.41) is 3.29. The number of hydrogen-bond acceptors (Lipinski definition) is 3. The Morgan fingerprint density at radius 1 is 1.24 bits per heavy atom. The molecule has 0 amide bonds. The van der Waals surface area contributed by atoms with Crippen LogP contribution in [0.2, 0.25) is 0 Å². The van der Waals surface area contributed by atoms with Crippen LogP contribution in [0.3, 0.4) is 0 Å². The van der Waals surface area contributed by atoms with Crippen molar-refractivity contribution in [2.45, 2.75) is 19.4 Å². The molecule has 0 saturated heterocycles. The number of hydrogen-bond donors (Lipinski definition) is 1. The lowest BCUT2D eigenvalue weighted by atomic mass is 10.0. The molecule has 0 spiro atoms. The minimum atomic E-state index is 0.355. The molecular weight excluding hydrogens is 214 g/mol. The van der Waals surface area contributed by atoms with Gasteiger partial charge < -0.3 is 14.8 Å². The molecule has 0 bridgehead atoms. The smallest absolute Gasteiger partial charge is 0.0701 e. The number of methoxy groups -OCH3 is 1. The Balaban J connectivity index is 2.38. The van der Waals surface area contributed by atoms with E-state index in [-0.39, 0.29) is 0 Å². The van der Waals surface area contributed by atoms with E-state index in [0.29, 0.717) is 25.9 Å². The highest BCUT2D eigenvalue weighted by Gasteiger charge is 2.08. The van der Waals surface area contributed by atoms with Gasteiger partial charge in [-0.25, -0.2) is 0 Å². The van der Waals surface area contributed by atoms with Gasteiger partial charge in [0.1, 0.15) is 0 Å². The van der Waals surface area contributed by atoms with Crippen molar-refractivity contribution in [2.24, 2.45) is 0 Å². The van der Waals surface area contributed by atoms with Gasteiger partial charge in [-0.3, -0.25) is 0 Å². The monoisotopic (exact) mass is 237 g/mol. The van der Waals surface area contributed by atoms with E-state index >= 15 is 0 Å². The van der Waals surface area contributed by atoms with E-state index in [4.69, 9.17) is 9.47 Å². The minimum Gasteiger partial charge on any atom is -0.382 e. The molecule has 0 fully saturated rings. The second-order valence-corrected chi connectivity index (χ2v) is 4.18. The normalized spacial score (nSPS) is 12.6. The first-order chi connectivity index (χ1) is 8.27. The summed E-state index contributed by atoms with van der Waals surface area (Å²) in [6.07, 6.45) is 0.996. The zero-order chi connectivity index (χ0) is 12.5. The van der Waals surface area contributed by atoms with Gasteiger partial charge in [0.15, 0.2) is 0 Å². The lowest BCUT2D eigenvalue weighted by Gasteiger charge is -2.17. The standard InChI is InChI=1S/C14H23NO2/c1-12-6-4-5-7-13(12)10-14(15-2)11-17-9-8-16-3/h4-7,14-15H,8-11H2,1-3H3. The predicted octanol–water partition coefficient (Wildman–Crippen LogP) is 1.79. The Kier molecular flexibility index (Phi) is 6.86. The van der Waals surface area contributed by atoms with Crippen molar-refractivity contribution in [3.63, 3.8) is 0 Å². The molecule has 0 aliphatic carbocycles. The Hall–Kier alpha value is -0.900. The topological polar surface area (TPSA) is 30.5 Å². The fraction of sp³-hybridized carbons (Fsp3) is 0.571. The number of aryl methyl sites for hydroxylation is 1. The van der Waals surface area contributed by atoms with Gasteiger partial charge in [-0.15, -0.1) is 0 Å². The zero-order valence-corrected chi connectivity index (χ0v) is 11.0. The maximum Gasteiger partial charge on any atom is 0.0701 e. The quantitative estimate of drug-likeness (QED) is 0.699. The molecule has 0 aliphatic rings. The lowest BCUT2D eigenvalue weighted by Crippen LogP contribution is -2.33. The summed E-state index contributed by atoms with van der Waals surface area (Å²) < 4.78 is 10.5. The summed E-state index contributed by atoms with van der Waals surface area (Å²) in [5.41, 5.74) is 2.71. The highest BCUT2D eigenvalue weighted by Crippen LogP contribution is 2.09. The van der Waals surface area contributed by atoms with Gasteiger partial charge in [0.05, 0.1) is 19.8 Å². The van der Waals surface area contributed by atoms with Crippen molar-refractivity contribution in [3.05, 3.63) is 35.4 Å². The average Bonchev–Trinajstić information content (AvgIpc) is 2.35. The molecule has 3 heteroatoms. The van der Waals surface area contributed by atoms with Crippen LogP contribution in [0.25, 0.3) is 0 Å². The van der Waals surface area contributed by atoms with E-state index in [1.807, 2.05) is 7.05 Å². The van der Waals surface area contributed by atoms with Crippen molar-refractivity contribution in [2.75, 3.05) is 34.0 Å². The van der Waals surface area contributed by atoms with Gasteiger partial charge in [-0.05, 0) is 31.5 Å². The van der Waals surface area contributed by atoms with Gasteiger partial charge in [-0.2, -0.15) is 0 Å². The average molecular weight is 237 g/mol. The third-order valence-corrected chi connectivity index (χ3v) is 2.89. The summed E-state index contributed by atoms with van der Waals surface area (Å²) in [6, 6.07) is 8.83. The van der Waals surface area contributed by atoms with Gasteiger partial charge in [0.25, 0.3) is 0 Å². The van der Waals surface area contributed by atoms with Crippen molar-refractivity contribution in [1.82, 2.24) is 5.32 Å². The largest absolute Gasteiger partial charge is 0.382 e. The van der Waals surface area contributed by atoms with Crippen LogP contribution < -0.4 is 5.32 Å². The number of nitrogens with one attached hydrogen (secondary N) is 1. The van der Waals surface area contributed by atoms with E-state index in [2.05, 4.69) is 36.5 Å². The Bertz CT molecular complexity index is 315. The van der Waals surface area contributed by atoms with Crippen LogP contribution in [0.1, 0.15) is 11.1 Å². The Labute approximate surface area is 104 Å². The van der Waals surface area contributed by atoms with E-state index in [0.717, 1.165) is 6.42 Å². The number of rotatable bonds is 8. The molecule has 1 unspecified atom stereocenters. The van der Waals surface area contributed by atoms with E-state index < -0.39 is 0 Å². The third-order valence-electron chi connectivity index (χ3n) is 2.89. The number of benzene rings is 1. The van der Waals surface area contributed by atoms with Gasteiger partial charge in [0.2, 0.25) is 0 Å². The SMILES string of the molecule is CNC(COCCOC)Cc1ccccc1C. The minimum absolute atomic E-state index is 0.355. The molecule has 0 aliphatic heterocycles. The summed E-state index contributed by atoms with van der Waals surface area (Å²) in [4.78, 5) is 0. The van der Waals surface area contributed by atoms with Crippen molar-refractivity contribution >= 4 is 0 Å². The molecule has 1 aromatic carbocycles. The fourth-order valence-electron chi connectivity index (χ4n) is 1.72. The van der Waals surface area contributed by atoms with Gasteiger partial charge in [-0.1, -0.05) is 24.3 Å². The zero-order valence-electron chi connectivity index (χ0n) is 11.0. The highest BCUT2D eigenvalue weighted by molar-refractivity contribution is 5.26. The second kappa shape index (κ2) is 8.23. The molecule has 1 atom stereocenters. The molecule has 17 heavy (non-hydrogen) atoms. The van der Waals surface area contributed by atoms with Crippen molar-refractivity contribution < 1.29 is 9.47 Å². The van der Waals surface area contributed by atoms with Gasteiger partial charge >= 0.3 is 0 Å². The van der Waals surface area contributed by atoms with E-state index in [1.54, 1.807) is 7.11 Å². The Morgan fingerprint density at radius 3 is 2.65 bits per heavy atom.